The van der Waals surface area contributed by atoms with E-state index in [0.29, 0.717) is 0 Å². The Hall–Kier alpha value is -1.89. The summed E-state index contributed by atoms with van der Waals surface area (Å²) in [6, 6.07) is 17.5. The second-order valence-electron chi connectivity index (χ2n) is 4.82. The van der Waals surface area contributed by atoms with Crippen LogP contribution in [0.1, 0.15) is 0 Å². The predicted molar refractivity (Wildman–Crippen MR) is 101 cm³/mol. The predicted octanol–water partition coefficient (Wildman–Crippen LogP) is 5.45. The minimum atomic E-state index is 0.206. The molecular weight excluding hydrogens is 376 g/mol. The van der Waals surface area contributed by atoms with E-state index in [1.54, 1.807) is 14.2 Å². The van der Waals surface area contributed by atoms with Gasteiger partial charge in [0, 0.05) is 6.07 Å². The summed E-state index contributed by atoms with van der Waals surface area (Å²) in [5.41, 5.74) is 0. The van der Waals surface area contributed by atoms with Crippen LogP contribution in [0.3, 0.4) is 0 Å². The third kappa shape index (κ3) is 4.60. The molecule has 1 aromatic heterocycles. The van der Waals surface area contributed by atoms with Crippen molar-refractivity contribution in [3.8, 4) is 11.5 Å². The second kappa shape index (κ2) is 8.47. The van der Waals surface area contributed by atoms with Gasteiger partial charge in [-0.1, -0.05) is 47.8 Å². The van der Waals surface area contributed by atoms with Gasteiger partial charge < -0.3 is 9.47 Å². The van der Waals surface area contributed by atoms with Crippen LogP contribution in [0.25, 0.3) is 0 Å². The third-order valence-electron chi connectivity index (χ3n) is 3.22. The summed E-state index contributed by atoms with van der Waals surface area (Å²) >= 11 is 9.08. The number of rotatable bonds is 6. The normalized spacial score (nSPS) is 10.5. The fourth-order valence-corrected chi connectivity index (χ4v) is 4.32. The third-order valence-corrected chi connectivity index (χ3v) is 5.34. The van der Waals surface area contributed by atoms with Crippen molar-refractivity contribution in [3.63, 3.8) is 0 Å². The van der Waals surface area contributed by atoms with E-state index in [9.17, 15) is 0 Å². The average molecular weight is 391 g/mol. The minimum absolute atomic E-state index is 0.206. The Morgan fingerprint density at radius 3 is 1.64 bits per heavy atom. The molecule has 0 saturated heterocycles. The van der Waals surface area contributed by atoms with Crippen LogP contribution in [0, 0.1) is 0 Å². The summed E-state index contributed by atoms with van der Waals surface area (Å²) in [5, 5.41) is 1.71. The van der Waals surface area contributed by atoms with Crippen molar-refractivity contribution < 1.29 is 9.47 Å². The summed E-state index contributed by atoms with van der Waals surface area (Å²) < 4.78 is 10.8. The lowest BCUT2D eigenvalue weighted by molar-refractivity contribution is 0.404. The molecule has 0 aliphatic heterocycles. The first-order chi connectivity index (χ1) is 12.2. The molecule has 0 atom stereocenters. The number of nitrogens with zero attached hydrogens (tertiary/aromatic N) is 2. The highest BCUT2D eigenvalue weighted by Crippen LogP contribution is 2.38. The van der Waals surface area contributed by atoms with Crippen LogP contribution in [0.2, 0.25) is 5.28 Å². The van der Waals surface area contributed by atoms with Gasteiger partial charge in [0.05, 0.1) is 24.0 Å². The van der Waals surface area contributed by atoms with Crippen molar-refractivity contribution in [2.45, 2.75) is 19.8 Å². The highest BCUT2D eigenvalue weighted by Gasteiger charge is 2.11. The zero-order chi connectivity index (χ0) is 17.6. The Bertz CT molecular complexity index is 809. The van der Waals surface area contributed by atoms with Gasteiger partial charge in [-0.25, -0.2) is 9.97 Å². The maximum Gasteiger partial charge on any atom is 0.224 e. The molecule has 0 amide bonds. The summed E-state index contributed by atoms with van der Waals surface area (Å²) in [4.78, 5) is 10.5. The molecule has 1 heterocycles. The fraction of sp³-hybridized carbons (Fsp3) is 0.111. The molecule has 0 radical (unpaired) electrons. The van der Waals surface area contributed by atoms with Crippen LogP contribution < -0.4 is 9.47 Å². The van der Waals surface area contributed by atoms with Gasteiger partial charge in [0.25, 0.3) is 0 Å². The number of hydrogen-bond acceptors (Lipinski definition) is 6. The number of para-hydroxylation sites is 2. The van der Waals surface area contributed by atoms with E-state index in [0.717, 1.165) is 31.3 Å². The van der Waals surface area contributed by atoms with Crippen molar-refractivity contribution in [1.82, 2.24) is 9.97 Å². The summed E-state index contributed by atoms with van der Waals surface area (Å²) in [7, 11) is 3.30. The lowest BCUT2D eigenvalue weighted by atomic mass is 10.3. The summed E-state index contributed by atoms with van der Waals surface area (Å²) in [5.74, 6) is 1.59. The lowest BCUT2D eigenvalue weighted by Crippen LogP contribution is -1.91. The molecule has 0 saturated carbocycles. The second-order valence-corrected chi connectivity index (χ2v) is 7.28. The number of hydrogen-bond donors (Lipinski definition) is 0. The fourth-order valence-electron chi connectivity index (χ4n) is 2.11. The Labute approximate surface area is 159 Å². The van der Waals surface area contributed by atoms with Crippen LogP contribution in [-0.2, 0) is 0 Å². The SMILES string of the molecule is COc1ccccc1Sc1cc(Sc2ccccc2OC)nc(Cl)n1. The van der Waals surface area contributed by atoms with Gasteiger partial charge >= 0.3 is 0 Å². The van der Waals surface area contributed by atoms with Crippen LogP contribution in [0.5, 0.6) is 11.5 Å². The van der Waals surface area contributed by atoms with Gasteiger partial charge in [0.2, 0.25) is 5.28 Å². The van der Waals surface area contributed by atoms with Crippen LogP contribution in [0.15, 0.2) is 74.4 Å². The van der Waals surface area contributed by atoms with E-state index in [1.165, 1.54) is 23.5 Å². The molecular formula is C18H15ClN2O2S2. The molecule has 3 rings (SSSR count). The van der Waals surface area contributed by atoms with Gasteiger partial charge in [0.15, 0.2) is 0 Å². The Morgan fingerprint density at radius 1 is 0.760 bits per heavy atom. The van der Waals surface area contributed by atoms with Crippen LogP contribution >= 0.6 is 35.1 Å². The maximum absolute atomic E-state index is 6.12. The number of ether oxygens (including phenoxy) is 2. The lowest BCUT2D eigenvalue weighted by Gasteiger charge is -2.09. The van der Waals surface area contributed by atoms with E-state index in [4.69, 9.17) is 21.1 Å². The van der Waals surface area contributed by atoms with Gasteiger partial charge in [-0.15, -0.1) is 0 Å². The monoisotopic (exact) mass is 390 g/mol. The van der Waals surface area contributed by atoms with Crippen molar-refractivity contribution in [1.29, 1.82) is 0 Å². The standard InChI is InChI=1S/C18H15ClN2O2S2/c1-22-12-7-3-5-9-14(12)24-16-11-17(21-18(19)20-16)25-15-10-6-4-8-13(15)23-2/h3-11H,1-2H3. The van der Waals surface area contributed by atoms with Gasteiger partial charge in [0.1, 0.15) is 21.6 Å². The number of methoxy groups -OCH3 is 2. The molecule has 2 aromatic carbocycles. The van der Waals surface area contributed by atoms with E-state index in [2.05, 4.69) is 9.97 Å². The Morgan fingerprint density at radius 2 is 1.20 bits per heavy atom. The van der Waals surface area contributed by atoms with E-state index in [-0.39, 0.29) is 5.28 Å². The van der Waals surface area contributed by atoms with Crippen molar-refractivity contribution in [2.75, 3.05) is 14.2 Å². The first-order valence-corrected chi connectivity index (χ1v) is 9.37. The highest BCUT2D eigenvalue weighted by atomic mass is 35.5. The minimum Gasteiger partial charge on any atom is -0.496 e. The summed E-state index contributed by atoms with van der Waals surface area (Å²) in [6.45, 7) is 0. The molecule has 0 aliphatic rings. The topological polar surface area (TPSA) is 44.2 Å². The van der Waals surface area contributed by atoms with Crippen LogP contribution in [0.4, 0.5) is 0 Å². The first-order valence-electron chi connectivity index (χ1n) is 7.36. The molecule has 0 unspecified atom stereocenters. The van der Waals surface area contributed by atoms with E-state index < -0.39 is 0 Å². The quantitative estimate of drug-likeness (QED) is 0.412. The summed E-state index contributed by atoms with van der Waals surface area (Å²) in [6.07, 6.45) is 0. The molecule has 4 nitrogen and oxygen atoms in total. The van der Waals surface area contributed by atoms with Gasteiger partial charge in [-0.2, -0.15) is 0 Å². The molecule has 7 heteroatoms. The molecule has 128 valence electrons. The van der Waals surface area contributed by atoms with Gasteiger partial charge in [-0.05, 0) is 35.9 Å². The van der Waals surface area contributed by atoms with Gasteiger partial charge in [-0.3, -0.25) is 0 Å². The molecule has 25 heavy (non-hydrogen) atoms. The molecule has 0 aliphatic carbocycles. The largest absolute Gasteiger partial charge is 0.496 e. The van der Waals surface area contributed by atoms with E-state index in [1.807, 2.05) is 54.6 Å². The average Bonchev–Trinajstić information content (AvgIpc) is 2.62. The van der Waals surface area contributed by atoms with Crippen molar-refractivity contribution in [2.24, 2.45) is 0 Å². The zero-order valence-electron chi connectivity index (χ0n) is 13.6. The first kappa shape index (κ1) is 17.9. The van der Waals surface area contributed by atoms with Crippen molar-refractivity contribution in [3.05, 3.63) is 59.9 Å². The number of aromatic nitrogens is 2. The smallest absolute Gasteiger partial charge is 0.224 e. The highest BCUT2D eigenvalue weighted by molar-refractivity contribution is 8.00. The Balaban J connectivity index is 1.88. The van der Waals surface area contributed by atoms with Crippen LogP contribution in [-0.4, -0.2) is 24.2 Å². The molecule has 0 spiro atoms. The maximum atomic E-state index is 6.12. The number of benzene rings is 2. The van der Waals surface area contributed by atoms with E-state index >= 15 is 0 Å². The molecule has 3 aromatic rings. The molecule has 0 N–H and O–H groups in total. The molecule has 0 bridgehead atoms. The molecule has 0 fully saturated rings. The van der Waals surface area contributed by atoms with Crippen molar-refractivity contribution >= 4 is 35.1 Å². The zero-order valence-corrected chi connectivity index (χ0v) is 16.0. The number of halogens is 1. The Kier molecular flexibility index (Phi) is 6.07.